The lowest BCUT2D eigenvalue weighted by molar-refractivity contribution is 1.02. The van der Waals surface area contributed by atoms with E-state index in [0.717, 1.165) is 16.0 Å². The molecule has 0 radical (unpaired) electrons. The number of hydrogen-bond donors (Lipinski definition) is 1. The molecule has 3 rings (SSSR count). The van der Waals surface area contributed by atoms with Crippen molar-refractivity contribution in [3.8, 4) is 10.6 Å². The summed E-state index contributed by atoms with van der Waals surface area (Å²) in [4.78, 5) is 12.7. The zero-order valence-electron chi connectivity index (χ0n) is 9.23. The molecule has 3 aromatic rings. The van der Waals surface area contributed by atoms with E-state index in [0.29, 0.717) is 5.39 Å². The van der Waals surface area contributed by atoms with Gasteiger partial charge < -0.3 is 0 Å². The maximum atomic E-state index is 11.7. The summed E-state index contributed by atoms with van der Waals surface area (Å²) in [5.41, 5.74) is 1.91. The molecule has 1 N–H and O–H groups in total. The maximum Gasteiger partial charge on any atom is 0.272 e. The summed E-state index contributed by atoms with van der Waals surface area (Å²) in [5, 5.41) is 10.4. The van der Waals surface area contributed by atoms with Crippen LogP contribution < -0.4 is 5.56 Å². The van der Waals surface area contributed by atoms with Crippen LogP contribution in [0.15, 0.2) is 40.5 Å². The molecule has 0 saturated carbocycles. The van der Waals surface area contributed by atoms with Crippen LogP contribution in [0.25, 0.3) is 21.3 Å². The van der Waals surface area contributed by atoms with Gasteiger partial charge in [-0.25, -0.2) is 5.10 Å². The first kappa shape index (κ1) is 10.2. The number of hydrogen-bond acceptors (Lipinski definition) is 3. The van der Waals surface area contributed by atoms with Crippen molar-refractivity contribution in [1.29, 1.82) is 0 Å². The molecule has 0 saturated heterocycles. The van der Waals surface area contributed by atoms with Crippen LogP contribution in [0, 0.1) is 6.92 Å². The largest absolute Gasteiger partial charge is 0.272 e. The molecule has 4 heteroatoms. The highest BCUT2D eigenvalue weighted by atomic mass is 32.1. The molecular formula is C13H10N2OS. The Morgan fingerprint density at radius 2 is 2.00 bits per heavy atom. The SMILES string of the molecule is Cc1csc(-c2n[nH]c(=O)c3ccccc23)c1. The van der Waals surface area contributed by atoms with Crippen molar-refractivity contribution >= 4 is 22.1 Å². The minimum absolute atomic E-state index is 0.141. The zero-order valence-corrected chi connectivity index (χ0v) is 10.0. The summed E-state index contributed by atoms with van der Waals surface area (Å²) in [6, 6.07) is 9.62. The second-order valence-corrected chi connectivity index (χ2v) is 4.85. The molecule has 0 atom stereocenters. The van der Waals surface area contributed by atoms with E-state index in [1.54, 1.807) is 11.3 Å². The zero-order chi connectivity index (χ0) is 11.8. The number of aryl methyl sites for hydroxylation is 1. The highest BCUT2D eigenvalue weighted by molar-refractivity contribution is 7.13. The van der Waals surface area contributed by atoms with Gasteiger partial charge in [0.05, 0.1) is 10.3 Å². The van der Waals surface area contributed by atoms with Crippen molar-refractivity contribution < 1.29 is 0 Å². The normalized spacial score (nSPS) is 10.9. The maximum absolute atomic E-state index is 11.7. The Balaban J connectivity index is 2.38. The number of aromatic amines is 1. The van der Waals surface area contributed by atoms with E-state index in [4.69, 9.17) is 0 Å². The monoisotopic (exact) mass is 242 g/mol. The Morgan fingerprint density at radius 3 is 2.71 bits per heavy atom. The van der Waals surface area contributed by atoms with E-state index in [-0.39, 0.29) is 5.56 Å². The van der Waals surface area contributed by atoms with Crippen molar-refractivity contribution in [1.82, 2.24) is 10.2 Å². The number of nitrogens with one attached hydrogen (secondary N) is 1. The number of thiophene rings is 1. The third kappa shape index (κ3) is 1.66. The van der Waals surface area contributed by atoms with Crippen LogP contribution >= 0.6 is 11.3 Å². The Bertz CT molecular complexity index is 742. The van der Waals surface area contributed by atoms with Crippen molar-refractivity contribution in [3.05, 3.63) is 51.6 Å². The Hall–Kier alpha value is -1.94. The second kappa shape index (κ2) is 3.82. The predicted octanol–water partition coefficient (Wildman–Crippen LogP) is 2.96. The van der Waals surface area contributed by atoms with Crippen molar-refractivity contribution in [3.63, 3.8) is 0 Å². The molecule has 1 aromatic carbocycles. The van der Waals surface area contributed by atoms with E-state index in [1.807, 2.05) is 31.2 Å². The number of rotatable bonds is 1. The number of fused-ring (bicyclic) bond motifs is 1. The van der Waals surface area contributed by atoms with Crippen LogP contribution in [-0.2, 0) is 0 Å². The third-order valence-electron chi connectivity index (χ3n) is 2.66. The molecule has 2 aromatic heterocycles. The van der Waals surface area contributed by atoms with Crippen LogP contribution in [0.3, 0.4) is 0 Å². The van der Waals surface area contributed by atoms with Gasteiger partial charge in [0.2, 0.25) is 0 Å². The average molecular weight is 242 g/mol. The topological polar surface area (TPSA) is 45.8 Å². The smallest absolute Gasteiger partial charge is 0.267 e. The Morgan fingerprint density at radius 1 is 1.24 bits per heavy atom. The van der Waals surface area contributed by atoms with Gasteiger partial charge in [0.15, 0.2) is 0 Å². The molecule has 0 fully saturated rings. The number of aromatic nitrogens is 2. The summed E-state index contributed by atoms with van der Waals surface area (Å²) < 4.78 is 0. The minimum Gasteiger partial charge on any atom is -0.267 e. The number of H-pyrrole nitrogens is 1. The predicted molar refractivity (Wildman–Crippen MR) is 70.4 cm³/mol. The fourth-order valence-corrected chi connectivity index (χ4v) is 2.76. The molecule has 2 heterocycles. The standard InChI is InChI=1S/C13H10N2OS/c1-8-6-11(17-7-8)12-9-4-2-3-5-10(9)13(16)15-14-12/h2-7H,1H3,(H,15,16). The van der Waals surface area contributed by atoms with E-state index < -0.39 is 0 Å². The fraction of sp³-hybridized carbons (Fsp3) is 0.0769. The van der Waals surface area contributed by atoms with Crippen LogP contribution in [0.2, 0.25) is 0 Å². The number of nitrogens with zero attached hydrogens (tertiary/aromatic N) is 1. The van der Waals surface area contributed by atoms with Crippen LogP contribution in [0.1, 0.15) is 5.56 Å². The van der Waals surface area contributed by atoms with Crippen molar-refractivity contribution in [2.45, 2.75) is 6.92 Å². The molecule has 3 nitrogen and oxygen atoms in total. The average Bonchev–Trinajstić information content (AvgIpc) is 2.77. The molecule has 17 heavy (non-hydrogen) atoms. The lowest BCUT2D eigenvalue weighted by atomic mass is 10.1. The van der Waals surface area contributed by atoms with Gasteiger partial charge in [-0.05, 0) is 30.0 Å². The summed E-state index contributed by atoms with van der Waals surface area (Å²) >= 11 is 1.64. The van der Waals surface area contributed by atoms with Gasteiger partial charge in [-0.2, -0.15) is 5.10 Å². The lowest BCUT2D eigenvalue weighted by Gasteiger charge is -2.01. The molecule has 0 aliphatic heterocycles. The molecule has 0 aliphatic carbocycles. The quantitative estimate of drug-likeness (QED) is 0.713. The van der Waals surface area contributed by atoms with Gasteiger partial charge in [0.1, 0.15) is 5.69 Å². The highest BCUT2D eigenvalue weighted by Gasteiger charge is 2.09. The lowest BCUT2D eigenvalue weighted by Crippen LogP contribution is -2.08. The highest BCUT2D eigenvalue weighted by Crippen LogP contribution is 2.29. The molecule has 0 aliphatic rings. The Kier molecular flexibility index (Phi) is 2.30. The molecule has 0 amide bonds. The van der Waals surface area contributed by atoms with Gasteiger partial charge >= 0.3 is 0 Å². The van der Waals surface area contributed by atoms with Gasteiger partial charge in [-0.1, -0.05) is 18.2 Å². The fourth-order valence-electron chi connectivity index (χ4n) is 1.86. The molecular weight excluding hydrogens is 232 g/mol. The van der Waals surface area contributed by atoms with Gasteiger partial charge in [0.25, 0.3) is 5.56 Å². The summed E-state index contributed by atoms with van der Waals surface area (Å²) in [6.07, 6.45) is 0. The van der Waals surface area contributed by atoms with E-state index in [2.05, 4.69) is 21.6 Å². The van der Waals surface area contributed by atoms with Crippen molar-refractivity contribution in [2.75, 3.05) is 0 Å². The van der Waals surface area contributed by atoms with Crippen LogP contribution in [0.5, 0.6) is 0 Å². The molecule has 0 spiro atoms. The van der Waals surface area contributed by atoms with Crippen LogP contribution in [0.4, 0.5) is 0 Å². The molecule has 0 unspecified atom stereocenters. The summed E-state index contributed by atoms with van der Waals surface area (Å²) in [6.45, 7) is 2.05. The summed E-state index contributed by atoms with van der Waals surface area (Å²) in [7, 11) is 0. The third-order valence-corrected chi connectivity index (χ3v) is 3.71. The first-order valence-electron chi connectivity index (χ1n) is 5.28. The van der Waals surface area contributed by atoms with E-state index in [9.17, 15) is 4.79 Å². The van der Waals surface area contributed by atoms with Gasteiger partial charge in [-0.15, -0.1) is 11.3 Å². The van der Waals surface area contributed by atoms with Gasteiger partial charge in [0, 0.05) is 5.39 Å². The molecule has 0 bridgehead atoms. The second-order valence-electron chi connectivity index (χ2n) is 3.94. The van der Waals surface area contributed by atoms with E-state index >= 15 is 0 Å². The number of benzene rings is 1. The van der Waals surface area contributed by atoms with Crippen molar-refractivity contribution in [2.24, 2.45) is 0 Å². The Labute approximate surface area is 102 Å². The molecule has 84 valence electrons. The first-order valence-corrected chi connectivity index (χ1v) is 6.16. The van der Waals surface area contributed by atoms with E-state index in [1.165, 1.54) is 5.56 Å². The van der Waals surface area contributed by atoms with Gasteiger partial charge in [-0.3, -0.25) is 4.79 Å². The first-order chi connectivity index (χ1) is 8.25. The summed E-state index contributed by atoms with van der Waals surface area (Å²) in [5.74, 6) is 0. The minimum atomic E-state index is -0.141. The van der Waals surface area contributed by atoms with Crippen LogP contribution in [-0.4, -0.2) is 10.2 Å².